The Bertz CT molecular complexity index is 1230. The molecule has 0 saturated heterocycles. The molecule has 172 valence electrons. The lowest BCUT2D eigenvalue weighted by Gasteiger charge is -2.15. The van der Waals surface area contributed by atoms with E-state index in [1.807, 2.05) is 13.8 Å². The second kappa shape index (κ2) is 10.1. The second-order valence-electron chi connectivity index (χ2n) is 6.97. The molecule has 4 rings (SSSR count). The van der Waals surface area contributed by atoms with Crippen LogP contribution in [0.2, 0.25) is 0 Å². The first-order valence-electron chi connectivity index (χ1n) is 10.3. The largest absolute Gasteiger partial charge is 0.484 e. The summed E-state index contributed by atoms with van der Waals surface area (Å²) in [5, 5.41) is 0.790. The van der Waals surface area contributed by atoms with Crippen LogP contribution in [0.1, 0.15) is 25.2 Å². The Balaban J connectivity index is 1.61. The maximum atomic E-state index is 14.6. The van der Waals surface area contributed by atoms with Crippen LogP contribution >= 0.6 is 11.9 Å². The second-order valence-corrected chi connectivity index (χ2v) is 7.82. The van der Waals surface area contributed by atoms with Crippen molar-refractivity contribution in [1.82, 2.24) is 24.9 Å². The van der Waals surface area contributed by atoms with Gasteiger partial charge in [-0.15, -0.1) is 0 Å². The highest BCUT2D eigenvalue weighted by molar-refractivity contribution is 8.00. The quantitative estimate of drug-likeness (QED) is 0.312. The van der Waals surface area contributed by atoms with Crippen molar-refractivity contribution >= 4 is 28.8 Å². The maximum Gasteiger partial charge on any atom is 0.272 e. The normalized spacial score (nSPS) is 11.3. The Kier molecular flexibility index (Phi) is 6.97. The highest BCUT2D eigenvalue weighted by Crippen LogP contribution is 2.35. The summed E-state index contributed by atoms with van der Waals surface area (Å²) in [6, 6.07) is 3.07. The average Bonchev–Trinajstić information content (AvgIpc) is 3.24. The SMILES string of the molecule is CCc1nc(NSc2c[nH]c3c(-c4cnccn4)c(F)ccc23)nc(CC)c1OCC(F)F. The van der Waals surface area contributed by atoms with Crippen molar-refractivity contribution in [2.75, 3.05) is 11.3 Å². The fourth-order valence-electron chi connectivity index (χ4n) is 3.40. The predicted molar refractivity (Wildman–Crippen MR) is 121 cm³/mol. The van der Waals surface area contributed by atoms with Gasteiger partial charge in [-0.1, -0.05) is 13.8 Å². The Morgan fingerprint density at radius 3 is 2.52 bits per heavy atom. The van der Waals surface area contributed by atoms with E-state index in [9.17, 15) is 13.2 Å². The molecule has 0 radical (unpaired) electrons. The molecular weight excluding hydrogens is 453 g/mol. The van der Waals surface area contributed by atoms with E-state index in [0.29, 0.717) is 52.7 Å². The fraction of sp³-hybridized carbons (Fsp3) is 0.273. The van der Waals surface area contributed by atoms with E-state index >= 15 is 0 Å². The first-order valence-corrected chi connectivity index (χ1v) is 11.1. The molecule has 0 aliphatic rings. The van der Waals surface area contributed by atoms with Gasteiger partial charge in [-0.25, -0.2) is 23.1 Å². The number of ether oxygens (including phenoxy) is 1. The van der Waals surface area contributed by atoms with Crippen molar-refractivity contribution in [2.45, 2.75) is 38.0 Å². The number of aromatic nitrogens is 5. The Morgan fingerprint density at radius 2 is 1.88 bits per heavy atom. The van der Waals surface area contributed by atoms with Crippen LogP contribution in [0.3, 0.4) is 0 Å². The summed E-state index contributed by atoms with van der Waals surface area (Å²) < 4.78 is 48.2. The third kappa shape index (κ3) is 4.87. The number of anilines is 1. The van der Waals surface area contributed by atoms with Crippen LogP contribution in [0.5, 0.6) is 5.75 Å². The number of nitrogens with zero attached hydrogens (tertiary/aromatic N) is 4. The lowest BCUT2D eigenvalue weighted by molar-refractivity contribution is 0.0805. The van der Waals surface area contributed by atoms with Gasteiger partial charge in [-0.2, -0.15) is 0 Å². The van der Waals surface area contributed by atoms with Crippen LogP contribution in [0.15, 0.2) is 41.8 Å². The van der Waals surface area contributed by atoms with Crippen LogP contribution in [-0.2, 0) is 12.8 Å². The van der Waals surface area contributed by atoms with Crippen molar-refractivity contribution in [1.29, 1.82) is 0 Å². The molecule has 0 aliphatic carbocycles. The van der Waals surface area contributed by atoms with Gasteiger partial charge in [0.2, 0.25) is 5.95 Å². The Morgan fingerprint density at radius 1 is 1.12 bits per heavy atom. The predicted octanol–water partition coefficient (Wildman–Crippen LogP) is 5.44. The zero-order valence-electron chi connectivity index (χ0n) is 17.9. The number of benzene rings is 1. The van der Waals surface area contributed by atoms with Crippen LogP contribution in [-0.4, -0.2) is 38.0 Å². The van der Waals surface area contributed by atoms with E-state index in [2.05, 4.69) is 29.6 Å². The van der Waals surface area contributed by atoms with Crippen molar-refractivity contribution in [2.24, 2.45) is 0 Å². The number of H-pyrrole nitrogens is 1. The lowest BCUT2D eigenvalue weighted by Crippen LogP contribution is -2.13. The molecule has 0 spiro atoms. The summed E-state index contributed by atoms with van der Waals surface area (Å²) >= 11 is 1.26. The molecular formula is C22H21F3N6OS. The zero-order chi connectivity index (χ0) is 23.4. The number of fused-ring (bicyclic) bond motifs is 1. The number of alkyl halides is 2. The summed E-state index contributed by atoms with van der Waals surface area (Å²) in [6.07, 6.45) is 4.72. The molecule has 0 fully saturated rings. The summed E-state index contributed by atoms with van der Waals surface area (Å²) in [7, 11) is 0. The molecule has 3 aromatic heterocycles. The number of hydrogen-bond acceptors (Lipinski definition) is 7. The van der Waals surface area contributed by atoms with E-state index < -0.39 is 18.8 Å². The van der Waals surface area contributed by atoms with Gasteiger partial charge in [0, 0.05) is 24.0 Å². The van der Waals surface area contributed by atoms with Crippen LogP contribution in [0.25, 0.3) is 22.2 Å². The highest BCUT2D eigenvalue weighted by atomic mass is 32.2. The standard InChI is InChI=1S/C22H21F3N6OS/c1-3-14-21(32-11-18(24)25)15(4-2)30-22(29-14)31-33-17-10-28-20-12(17)5-6-13(23)19(20)16-9-26-7-8-27-16/h5-10,18,28H,3-4,11H2,1-2H3,(H,29,30,31). The van der Waals surface area contributed by atoms with Gasteiger partial charge in [0.1, 0.15) is 12.4 Å². The molecule has 2 N–H and O–H groups in total. The maximum absolute atomic E-state index is 14.6. The van der Waals surface area contributed by atoms with Crippen molar-refractivity contribution in [3.8, 4) is 17.0 Å². The Labute approximate surface area is 192 Å². The highest BCUT2D eigenvalue weighted by Gasteiger charge is 2.18. The number of aromatic amines is 1. The summed E-state index contributed by atoms with van der Waals surface area (Å²) in [6.45, 7) is 3.04. The minimum Gasteiger partial charge on any atom is -0.484 e. The number of aryl methyl sites for hydroxylation is 2. The van der Waals surface area contributed by atoms with Crippen LogP contribution in [0.4, 0.5) is 19.1 Å². The molecule has 11 heteroatoms. The van der Waals surface area contributed by atoms with E-state index in [0.717, 1.165) is 10.3 Å². The van der Waals surface area contributed by atoms with E-state index in [-0.39, 0.29) is 0 Å². The molecule has 33 heavy (non-hydrogen) atoms. The van der Waals surface area contributed by atoms with Gasteiger partial charge in [0.15, 0.2) is 5.75 Å². The van der Waals surface area contributed by atoms with Gasteiger partial charge in [0.25, 0.3) is 6.43 Å². The van der Waals surface area contributed by atoms with E-state index in [1.165, 1.54) is 36.6 Å². The third-order valence-electron chi connectivity index (χ3n) is 4.87. The molecule has 0 unspecified atom stereocenters. The third-order valence-corrected chi connectivity index (χ3v) is 5.71. The first-order chi connectivity index (χ1) is 16.0. The summed E-state index contributed by atoms with van der Waals surface area (Å²) in [5.41, 5.74) is 2.47. The first kappa shape index (κ1) is 22.8. The molecule has 3 heterocycles. The van der Waals surface area contributed by atoms with Crippen LogP contribution in [0, 0.1) is 5.82 Å². The summed E-state index contributed by atoms with van der Waals surface area (Å²) in [5.74, 6) is 0.244. The number of halogens is 3. The van der Waals surface area contributed by atoms with Crippen molar-refractivity contribution in [3.05, 3.63) is 54.1 Å². The monoisotopic (exact) mass is 474 g/mol. The topological polar surface area (TPSA) is 88.6 Å². The molecule has 0 aliphatic heterocycles. The van der Waals surface area contributed by atoms with E-state index in [4.69, 9.17) is 4.74 Å². The fourth-order valence-corrected chi connectivity index (χ4v) is 4.09. The molecule has 1 aromatic carbocycles. The van der Waals surface area contributed by atoms with Gasteiger partial charge in [-0.05, 0) is 36.9 Å². The minimum atomic E-state index is -2.58. The van der Waals surface area contributed by atoms with Gasteiger partial charge in [0.05, 0.1) is 39.3 Å². The minimum absolute atomic E-state index is 0.312. The van der Waals surface area contributed by atoms with Crippen molar-refractivity contribution < 1.29 is 17.9 Å². The molecule has 0 bridgehead atoms. The molecule has 7 nitrogen and oxygen atoms in total. The number of hydrogen-bond donors (Lipinski definition) is 2. The van der Waals surface area contributed by atoms with Crippen molar-refractivity contribution in [3.63, 3.8) is 0 Å². The van der Waals surface area contributed by atoms with Crippen LogP contribution < -0.4 is 9.46 Å². The van der Waals surface area contributed by atoms with Gasteiger partial charge >= 0.3 is 0 Å². The number of rotatable bonds is 9. The molecule has 4 aromatic rings. The average molecular weight is 475 g/mol. The molecule has 0 amide bonds. The molecule has 0 atom stereocenters. The van der Waals surface area contributed by atoms with E-state index in [1.54, 1.807) is 12.3 Å². The molecule has 0 saturated carbocycles. The lowest BCUT2D eigenvalue weighted by atomic mass is 10.1. The Hall–Kier alpha value is -3.34. The summed E-state index contributed by atoms with van der Waals surface area (Å²) in [4.78, 5) is 21.0. The smallest absolute Gasteiger partial charge is 0.272 e. The van der Waals surface area contributed by atoms with Gasteiger partial charge < -0.3 is 9.72 Å². The zero-order valence-corrected chi connectivity index (χ0v) is 18.7. The number of nitrogens with one attached hydrogen (secondary N) is 2. The van der Waals surface area contributed by atoms with Gasteiger partial charge in [-0.3, -0.25) is 14.7 Å².